The van der Waals surface area contributed by atoms with E-state index < -0.39 is 0 Å². The molecule has 1 aliphatic rings. The highest BCUT2D eigenvalue weighted by Crippen LogP contribution is 2.33. The number of halogens is 1. The van der Waals surface area contributed by atoms with Gasteiger partial charge in [0, 0.05) is 6.04 Å². The highest BCUT2D eigenvalue weighted by molar-refractivity contribution is 5.31. The predicted octanol–water partition coefficient (Wildman–Crippen LogP) is 2.89. The van der Waals surface area contributed by atoms with Gasteiger partial charge in [-0.25, -0.2) is 4.39 Å². The molecule has 0 saturated heterocycles. The van der Waals surface area contributed by atoms with Crippen molar-refractivity contribution in [3.63, 3.8) is 0 Å². The molecule has 2 rings (SSSR count). The summed E-state index contributed by atoms with van der Waals surface area (Å²) in [5.41, 5.74) is 6.75. The molecule has 0 aromatic heterocycles. The van der Waals surface area contributed by atoms with Crippen LogP contribution in [0.2, 0.25) is 0 Å². The van der Waals surface area contributed by atoms with Gasteiger partial charge in [-0.05, 0) is 49.7 Å². The van der Waals surface area contributed by atoms with E-state index in [1.807, 2.05) is 12.1 Å². The van der Waals surface area contributed by atoms with Crippen LogP contribution in [0.1, 0.15) is 31.2 Å². The molecule has 2 nitrogen and oxygen atoms in total. The molecule has 0 amide bonds. The zero-order chi connectivity index (χ0) is 12.3. The Morgan fingerprint density at radius 1 is 1.47 bits per heavy atom. The van der Waals surface area contributed by atoms with Crippen molar-refractivity contribution in [3.8, 4) is 5.75 Å². The van der Waals surface area contributed by atoms with Crippen molar-refractivity contribution in [3.05, 3.63) is 29.6 Å². The number of nitrogens with two attached hydrogens (primary N) is 1. The average molecular weight is 237 g/mol. The zero-order valence-electron chi connectivity index (χ0n) is 10.3. The molecule has 0 aliphatic heterocycles. The van der Waals surface area contributed by atoms with Gasteiger partial charge in [0.05, 0.1) is 7.11 Å². The molecule has 0 radical (unpaired) electrons. The third-order valence-electron chi connectivity index (χ3n) is 3.47. The van der Waals surface area contributed by atoms with E-state index in [4.69, 9.17) is 10.5 Å². The third kappa shape index (κ3) is 3.19. The first-order valence-electron chi connectivity index (χ1n) is 6.29. The number of aryl methyl sites for hydroxylation is 1. The van der Waals surface area contributed by atoms with Crippen LogP contribution in [0, 0.1) is 11.7 Å². The van der Waals surface area contributed by atoms with Crippen LogP contribution in [-0.2, 0) is 6.42 Å². The maximum absolute atomic E-state index is 13.8. The molecule has 3 heteroatoms. The van der Waals surface area contributed by atoms with Crippen LogP contribution in [-0.4, -0.2) is 13.2 Å². The molecular weight excluding hydrogens is 217 g/mol. The minimum absolute atomic E-state index is 0.227. The molecule has 1 aromatic carbocycles. The summed E-state index contributed by atoms with van der Waals surface area (Å²) in [6, 6.07) is 5.61. The molecule has 94 valence electrons. The van der Waals surface area contributed by atoms with Crippen LogP contribution in [0.25, 0.3) is 0 Å². The first-order valence-corrected chi connectivity index (χ1v) is 6.29. The second-order valence-corrected chi connectivity index (χ2v) is 4.83. The Bertz CT molecular complexity index is 376. The fourth-order valence-electron chi connectivity index (χ4n) is 2.20. The van der Waals surface area contributed by atoms with E-state index in [1.165, 1.54) is 20.0 Å². The lowest BCUT2D eigenvalue weighted by Crippen LogP contribution is -2.22. The van der Waals surface area contributed by atoms with Gasteiger partial charge in [0.15, 0.2) is 11.6 Å². The molecule has 1 unspecified atom stereocenters. The normalized spacial score (nSPS) is 16.9. The summed E-state index contributed by atoms with van der Waals surface area (Å²) >= 11 is 0. The lowest BCUT2D eigenvalue weighted by molar-refractivity contribution is 0.383. The molecule has 2 N–H and O–H groups in total. The van der Waals surface area contributed by atoms with Crippen molar-refractivity contribution >= 4 is 0 Å². The molecule has 0 spiro atoms. The Balaban J connectivity index is 1.85. The van der Waals surface area contributed by atoms with Crippen molar-refractivity contribution in [2.45, 2.75) is 38.1 Å². The SMILES string of the molecule is COc1cccc(CCCC(N)C2CC2)c1F. The fraction of sp³-hybridized carbons (Fsp3) is 0.571. The van der Waals surface area contributed by atoms with E-state index in [-0.39, 0.29) is 5.82 Å². The molecule has 1 aliphatic carbocycles. The monoisotopic (exact) mass is 237 g/mol. The van der Waals surface area contributed by atoms with Gasteiger partial charge >= 0.3 is 0 Å². The van der Waals surface area contributed by atoms with Gasteiger partial charge in [-0.3, -0.25) is 0 Å². The predicted molar refractivity (Wildman–Crippen MR) is 66.6 cm³/mol. The Morgan fingerprint density at radius 3 is 2.88 bits per heavy atom. The van der Waals surface area contributed by atoms with Crippen LogP contribution in [0.5, 0.6) is 5.75 Å². The molecular formula is C14H20FNO. The lowest BCUT2D eigenvalue weighted by atomic mass is 10.0. The van der Waals surface area contributed by atoms with E-state index >= 15 is 0 Å². The number of hydrogen-bond acceptors (Lipinski definition) is 2. The van der Waals surface area contributed by atoms with Gasteiger partial charge in [-0.1, -0.05) is 12.1 Å². The second kappa shape index (κ2) is 5.50. The molecule has 1 aromatic rings. The zero-order valence-corrected chi connectivity index (χ0v) is 10.3. The molecule has 1 saturated carbocycles. The van der Waals surface area contributed by atoms with Crippen LogP contribution in [0.4, 0.5) is 4.39 Å². The Labute approximate surface area is 102 Å². The van der Waals surface area contributed by atoms with Crippen molar-refractivity contribution in [2.75, 3.05) is 7.11 Å². The summed E-state index contributed by atoms with van der Waals surface area (Å²) < 4.78 is 18.8. The van der Waals surface area contributed by atoms with Gasteiger partial charge in [0.25, 0.3) is 0 Å². The minimum Gasteiger partial charge on any atom is -0.494 e. The third-order valence-corrected chi connectivity index (χ3v) is 3.47. The Kier molecular flexibility index (Phi) is 4.00. The average Bonchev–Trinajstić information content (AvgIpc) is 3.15. The first-order chi connectivity index (χ1) is 8.22. The van der Waals surface area contributed by atoms with Crippen LogP contribution in [0.15, 0.2) is 18.2 Å². The standard InChI is InChI=1S/C14H20FNO/c1-17-13-7-3-5-11(14(13)15)4-2-6-12(16)10-8-9-10/h3,5,7,10,12H,2,4,6,8-9,16H2,1H3. The van der Waals surface area contributed by atoms with Crippen molar-refractivity contribution in [1.29, 1.82) is 0 Å². The smallest absolute Gasteiger partial charge is 0.168 e. The van der Waals surface area contributed by atoms with Crippen molar-refractivity contribution in [2.24, 2.45) is 11.7 Å². The van der Waals surface area contributed by atoms with E-state index in [0.29, 0.717) is 11.8 Å². The maximum atomic E-state index is 13.8. The van der Waals surface area contributed by atoms with E-state index in [9.17, 15) is 4.39 Å². The minimum atomic E-state index is -0.227. The van der Waals surface area contributed by atoms with E-state index in [0.717, 1.165) is 30.7 Å². The summed E-state index contributed by atoms with van der Waals surface area (Å²) in [7, 11) is 1.49. The van der Waals surface area contributed by atoms with Crippen LogP contribution >= 0.6 is 0 Å². The van der Waals surface area contributed by atoms with Gasteiger partial charge in [0.1, 0.15) is 0 Å². The summed E-state index contributed by atoms with van der Waals surface area (Å²) in [6.07, 6.45) is 5.22. The Hall–Kier alpha value is -1.09. The molecule has 0 heterocycles. The molecule has 17 heavy (non-hydrogen) atoms. The number of hydrogen-bond donors (Lipinski definition) is 1. The lowest BCUT2D eigenvalue weighted by Gasteiger charge is -2.11. The number of methoxy groups -OCH3 is 1. The van der Waals surface area contributed by atoms with Crippen molar-refractivity contribution < 1.29 is 9.13 Å². The van der Waals surface area contributed by atoms with Gasteiger partial charge in [-0.15, -0.1) is 0 Å². The van der Waals surface area contributed by atoms with Gasteiger partial charge < -0.3 is 10.5 Å². The van der Waals surface area contributed by atoms with Gasteiger partial charge in [0.2, 0.25) is 0 Å². The number of benzene rings is 1. The van der Waals surface area contributed by atoms with E-state index in [2.05, 4.69) is 0 Å². The van der Waals surface area contributed by atoms with Crippen LogP contribution in [0.3, 0.4) is 0 Å². The maximum Gasteiger partial charge on any atom is 0.168 e. The Morgan fingerprint density at radius 2 is 2.24 bits per heavy atom. The topological polar surface area (TPSA) is 35.2 Å². The fourth-order valence-corrected chi connectivity index (χ4v) is 2.20. The summed E-state index contributed by atoms with van der Waals surface area (Å²) in [4.78, 5) is 0. The molecule has 1 fully saturated rings. The largest absolute Gasteiger partial charge is 0.494 e. The number of ether oxygens (including phenoxy) is 1. The molecule has 1 atom stereocenters. The quantitative estimate of drug-likeness (QED) is 0.825. The van der Waals surface area contributed by atoms with Gasteiger partial charge in [-0.2, -0.15) is 0 Å². The second-order valence-electron chi connectivity index (χ2n) is 4.83. The van der Waals surface area contributed by atoms with Crippen molar-refractivity contribution in [1.82, 2.24) is 0 Å². The van der Waals surface area contributed by atoms with Crippen LogP contribution < -0.4 is 10.5 Å². The van der Waals surface area contributed by atoms with E-state index in [1.54, 1.807) is 6.07 Å². The highest BCUT2D eigenvalue weighted by Gasteiger charge is 2.27. The summed E-state index contributed by atoms with van der Waals surface area (Å²) in [6.45, 7) is 0. The first kappa shape index (κ1) is 12.4. The summed E-state index contributed by atoms with van der Waals surface area (Å²) in [5.74, 6) is 0.828. The number of rotatable bonds is 6. The highest BCUT2D eigenvalue weighted by atomic mass is 19.1. The summed E-state index contributed by atoms with van der Waals surface area (Å²) in [5, 5.41) is 0. The molecule has 0 bridgehead atoms.